The quantitative estimate of drug-likeness (QED) is 0.657. The Morgan fingerprint density at radius 3 is 3.15 bits per heavy atom. The molecule has 0 spiro atoms. The van der Waals surface area contributed by atoms with Gasteiger partial charge >= 0.3 is 0 Å². The number of pyridine rings is 1. The van der Waals surface area contributed by atoms with E-state index in [1.54, 1.807) is 6.20 Å². The van der Waals surface area contributed by atoms with Gasteiger partial charge in [-0.05, 0) is 19.1 Å². The van der Waals surface area contributed by atoms with Crippen LogP contribution >= 0.6 is 0 Å². The molecule has 0 saturated carbocycles. The van der Waals surface area contributed by atoms with Gasteiger partial charge in [-0.25, -0.2) is 4.98 Å². The predicted octanol–water partition coefficient (Wildman–Crippen LogP) is 1.93. The first kappa shape index (κ1) is 7.81. The van der Waals surface area contributed by atoms with Gasteiger partial charge < -0.3 is 4.57 Å². The number of nitrogens with zero attached hydrogens (tertiary/aromatic N) is 3. The van der Waals surface area contributed by atoms with E-state index >= 15 is 0 Å². The molecule has 0 saturated heterocycles. The maximum absolute atomic E-state index is 8.85. The maximum Gasteiger partial charge on any atom is 0.141 e. The summed E-state index contributed by atoms with van der Waals surface area (Å²) < 4.78 is 1.98. The van der Waals surface area contributed by atoms with Crippen molar-refractivity contribution in [1.29, 1.82) is 5.26 Å². The smallest absolute Gasteiger partial charge is 0.141 e. The summed E-state index contributed by atoms with van der Waals surface area (Å²) in [7, 11) is 0. The van der Waals surface area contributed by atoms with Crippen LogP contribution in [-0.4, -0.2) is 9.55 Å². The topological polar surface area (TPSA) is 41.6 Å². The van der Waals surface area contributed by atoms with Crippen LogP contribution in [0.25, 0.3) is 11.0 Å². The number of fused-ring (bicyclic) bond motifs is 1. The van der Waals surface area contributed by atoms with Crippen molar-refractivity contribution in [3.63, 3.8) is 0 Å². The molecule has 3 heteroatoms. The molecule has 0 atom stereocenters. The zero-order chi connectivity index (χ0) is 9.26. The minimum Gasteiger partial charge on any atom is -0.331 e. The number of aromatic nitrogens is 2. The van der Waals surface area contributed by atoms with Crippen molar-refractivity contribution in [2.75, 3.05) is 0 Å². The van der Waals surface area contributed by atoms with Gasteiger partial charge in [0.05, 0.1) is 5.56 Å². The lowest BCUT2D eigenvalue weighted by atomic mass is 10.2. The molecule has 0 bridgehead atoms. The molecular weight excluding hydrogens is 162 g/mol. The second-order valence-electron chi connectivity index (χ2n) is 2.82. The minimum absolute atomic E-state index is 0.699. The van der Waals surface area contributed by atoms with E-state index in [4.69, 9.17) is 5.26 Å². The highest BCUT2D eigenvalue weighted by molar-refractivity contribution is 5.82. The van der Waals surface area contributed by atoms with Crippen LogP contribution in [0, 0.1) is 11.3 Å². The number of hydrogen-bond donors (Lipinski definition) is 0. The van der Waals surface area contributed by atoms with E-state index in [1.807, 2.05) is 29.8 Å². The molecule has 3 nitrogen and oxygen atoms in total. The molecule has 0 aromatic carbocycles. The van der Waals surface area contributed by atoms with E-state index in [0.717, 1.165) is 17.6 Å². The van der Waals surface area contributed by atoms with Gasteiger partial charge in [0.25, 0.3) is 0 Å². The third kappa shape index (κ3) is 1.07. The summed E-state index contributed by atoms with van der Waals surface area (Å²) in [6, 6.07) is 5.94. The average molecular weight is 171 g/mol. The van der Waals surface area contributed by atoms with E-state index < -0.39 is 0 Å². The van der Waals surface area contributed by atoms with Crippen molar-refractivity contribution in [3.05, 3.63) is 30.1 Å². The summed E-state index contributed by atoms with van der Waals surface area (Å²) in [6.45, 7) is 2.88. The first-order valence-electron chi connectivity index (χ1n) is 4.20. The highest BCUT2D eigenvalue weighted by Gasteiger charge is 2.06. The zero-order valence-electron chi connectivity index (χ0n) is 7.36. The molecule has 13 heavy (non-hydrogen) atoms. The van der Waals surface area contributed by atoms with Crippen LogP contribution in [0.1, 0.15) is 12.5 Å². The SMILES string of the molecule is CCn1cc(C#N)c2cccnc21. The Balaban J connectivity index is 2.84. The largest absolute Gasteiger partial charge is 0.331 e. The van der Waals surface area contributed by atoms with Gasteiger partial charge in [-0.15, -0.1) is 0 Å². The van der Waals surface area contributed by atoms with Gasteiger partial charge in [0.15, 0.2) is 0 Å². The summed E-state index contributed by atoms with van der Waals surface area (Å²) in [5.41, 5.74) is 1.59. The fourth-order valence-electron chi connectivity index (χ4n) is 1.45. The Labute approximate surface area is 76.2 Å². The van der Waals surface area contributed by atoms with Crippen LogP contribution in [0.5, 0.6) is 0 Å². The third-order valence-electron chi connectivity index (χ3n) is 2.09. The molecule has 0 aliphatic heterocycles. The molecule has 0 radical (unpaired) electrons. The highest BCUT2D eigenvalue weighted by atomic mass is 15.0. The Bertz CT molecular complexity index is 476. The van der Waals surface area contributed by atoms with Gasteiger partial charge in [-0.2, -0.15) is 5.26 Å². The van der Waals surface area contributed by atoms with Crippen molar-refractivity contribution in [3.8, 4) is 6.07 Å². The molecule has 0 unspecified atom stereocenters. The summed E-state index contributed by atoms with van der Waals surface area (Å²) in [4.78, 5) is 4.23. The number of aryl methyl sites for hydroxylation is 1. The van der Waals surface area contributed by atoms with Crippen molar-refractivity contribution < 1.29 is 0 Å². The molecular formula is C10H9N3. The molecule has 0 fully saturated rings. The second-order valence-corrected chi connectivity index (χ2v) is 2.82. The summed E-state index contributed by atoms with van der Waals surface area (Å²) in [6.07, 6.45) is 3.59. The first-order chi connectivity index (χ1) is 6.36. The predicted molar refractivity (Wildman–Crippen MR) is 50.1 cm³/mol. The second kappa shape index (κ2) is 2.91. The lowest BCUT2D eigenvalue weighted by molar-refractivity contribution is 0.787. The monoisotopic (exact) mass is 171 g/mol. The van der Waals surface area contributed by atoms with Crippen molar-refractivity contribution in [1.82, 2.24) is 9.55 Å². The Morgan fingerprint density at radius 1 is 1.62 bits per heavy atom. The van der Waals surface area contributed by atoms with Gasteiger partial charge in [0.1, 0.15) is 11.7 Å². The molecule has 0 amide bonds. The molecule has 0 N–H and O–H groups in total. The molecule has 2 aromatic rings. The minimum atomic E-state index is 0.699. The molecule has 0 aliphatic carbocycles. The highest BCUT2D eigenvalue weighted by Crippen LogP contribution is 2.17. The lowest BCUT2D eigenvalue weighted by Crippen LogP contribution is -1.91. The number of nitriles is 1. The van der Waals surface area contributed by atoms with Crippen molar-refractivity contribution in [2.45, 2.75) is 13.5 Å². The molecule has 2 rings (SSSR count). The summed E-state index contributed by atoms with van der Waals surface area (Å²) in [5, 5.41) is 9.79. The van der Waals surface area contributed by atoms with E-state index in [-0.39, 0.29) is 0 Å². The standard InChI is InChI=1S/C10H9N3/c1-2-13-7-8(6-11)9-4-3-5-12-10(9)13/h3-5,7H,2H2,1H3. The summed E-state index contributed by atoms with van der Waals surface area (Å²) in [5.74, 6) is 0. The van der Waals surface area contributed by atoms with Crippen LogP contribution in [0.15, 0.2) is 24.5 Å². The normalized spacial score (nSPS) is 10.2. The Morgan fingerprint density at radius 2 is 2.46 bits per heavy atom. The van der Waals surface area contributed by atoms with E-state index in [9.17, 15) is 0 Å². The maximum atomic E-state index is 8.85. The van der Waals surface area contributed by atoms with E-state index in [0.29, 0.717) is 5.56 Å². The van der Waals surface area contributed by atoms with Crippen LogP contribution in [0.2, 0.25) is 0 Å². The van der Waals surface area contributed by atoms with Gasteiger partial charge in [0, 0.05) is 24.3 Å². The fraction of sp³-hybridized carbons (Fsp3) is 0.200. The van der Waals surface area contributed by atoms with E-state index in [1.165, 1.54) is 0 Å². The van der Waals surface area contributed by atoms with Crippen LogP contribution in [-0.2, 0) is 6.54 Å². The summed E-state index contributed by atoms with van der Waals surface area (Å²) >= 11 is 0. The molecule has 64 valence electrons. The Kier molecular flexibility index (Phi) is 1.75. The van der Waals surface area contributed by atoms with Gasteiger partial charge in [-0.1, -0.05) is 0 Å². The van der Waals surface area contributed by atoms with Crippen molar-refractivity contribution >= 4 is 11.0 Å². The third-order valence-corrected chi connectivity index (χ3v) is 2.09. The van der Waals surface area contributed by atoms with Crippen LogP contribution < -0.4 is 0 Å². The van der Waals surface area contributed by atoms with Gasteiger partial charge in [0.2, 0.25) is 0 Å². The molecule has 2 heterocycles. The number of rotatable bonds is 1. The zero-order valence-corrected chi connectivity index (χ0v) is 7.36. The fourth-order valence-corrected chi connectivity index (χ4v) is 1.45. The average Bonchev–Trinajstić information content (AvgIpc) is 2.56. The van der Waals surface area contributed by atoms with Gasteiger partial charge in [-0.3, -0.25) is 0 Å². The number of hydrogen-bond acceptors (Lipinski definition) is 2. The van der Waals surface area contributed by atoms with Crippen LogP contribution in [0.4, 0.5) is 0 Å². The molecule has 0 aliphatic rings. The lowest BCUT2D eigenvalue weighted by Gasteiger charge is -1.96. The van der Waals surface area contributed by atoms with Crippen LogP contribution in [0.3, 0.4) is 0 Å². The molecule has 2 aromatic heterocycles. The first-order valence-corrected chi connectivity index (χ1v) is 4.20. The van der Waals surface area contributed by atoms with E-state index in [2.05, 4.69) is 11.1 Å². The van der Waals surface area contributed by atoms with Crippen molar-refractivity contribution in [2.24, 2.45) is 0 Å². The Hall–Kier alpha value is -1.82.